The number of aliphatic hydroxyl groups excluding tert-OH is 1. The fraction of sp³-hybridized carbons (Fsp3) is 0.733. The summed E-state index contributed by atoms with van der Waals surface area (Å²) in [6.07, 6.45) is 13.3. The summed E-state index contributed by atoms with van der Waals surface area (Å²) in [7, 11) is 0. The van der Waals surface area contributed by atoms with Gasteiger partial charge in [0.1, 0.15) is 11.8 Å². The molecule has 2 atom stereocenters. The molecular weight excluding hydrogens is 270 g/mol. The molecule has 0 aromatic carbocycles. The second-order valence-corrected chi connectivity index (χ2v) is 8.17. The largest absolute Gasteiger partial charge is 0.382 e. The van der Waals surface area contributed by atoms with Crippen molar-refractivity contribution in [1.82, 2.24) is 8.96 Å². The van der Waals surface area contributed by atoms with E-state index >= 15 is 0 Å². The molecule has 3 rings (SSSR count). The monoisotopic (exact) mass is 295 g/mol. The van der Waals surface area contributed by atoms with Crippen LogP contribution >= 0.6 is 11.1 Å². The maximum Gasteiger partial charge on any atom is 0.162 e. The molecule has 1 aromatic heterocycles. The van der Waals surface area contributed by atoms with Crippen LogP contribution in [0.25, 0.3) is 0 Å². The number of aliphatic imine (C=N–C) groups is 1. The predicted molar refractivity (Wildman–Crippen MR) is 85.8 cm³/mol. The minimum Gasteiger partial charge on any atom is -0.382 e. The van der Waals surface area contributed by atoms with E-state index in [0.717, 1.165) is 25.1 Å². The third-order valence-electron chi connectivity index (χ3n) is 4.37. The molecule has 2 heterocycles. The Balaban J connectivity index is 1.71. The van der Waals surface area contributed by atoms with Crippen LogP contribution in [0.5, 0.6) is 0 Å². The Hall–Kier alpha value is -0.810. The fourth-order valence-electron chi connectivity index (χ4n) is 3.37. The van der Waals surface area contributed by atoms with Gasteiger partial charge in [-0.2, -0.15) is 0 Å². The molecule has 0 bridgehead atoms. The van der Waals surface area contributed by atoms with Gasteiger partial charge in [0.05, 0.1) is 11.2 Å². The molecule has 1 N–H and O–H groups in total. The summed E-state index contributed by atoms with van der Waals surface area (Å²) >= 11 is -0.720. The van der Waals surface area contributed by atoms with Gasteiger partial charge in [0.2, 0.25) is 0 Å². The van der Waals surface area contributed by atoms with Gasteiger partial charge in [0, 0.05) is 0 Å². The number of thiol groups is 1. The van der Waals surface area contributed by atoms with E-state index in [4.69, 9.17) is 0 Å². The summed E-state index contributed by atoms with van der Waals surface area (Å²) in [5.74, 6) is 1.64. The molecule has 0 saturated heterocycles. The summed E-state index contributed by atoms with van der Waals surface area (Å²) < 4.78 is 2.12. The minimum atomic E-state index is -0.720. The smallest absolute Gasteiger partial charge is 0.162 e. The van der Waals surface area contributed by atoms with Gasteiger partial charge in [-0.3, -0.25) is 3.97 Å². The molecule has 2 unspecified atom stereocenters. The molecule has 1 aliphatic heterocycles. The second kappa shape index (κ2) is 6.31. The van der Waals surface area contributed by atoms with E-state index in [1.165, 1.54) is 37.1 Å². The number of hydrogen-bond donors (Lipinski definition) is 2. The first kappa shape index (κ1) is 14.1. The highest BCUT2D eigenvalue weighted by Gasteiger charge is 2.30. The molecule has 0 amide bonds. The number of aliphatic hydroxyl groups is 1. The van der Waals surface area contributed by atoms with Crippen molar-refractivity contribution in [3.05, 3.63) is 12.5 Å². The Bertz CT molecular complexity index is 479. The first-order valence-electron chi connectivity index (χ1n) is 7.87. The molecule has 1 aliphatic carbocycles. The number of hydrogen-bond acceptors (Lipinski definition) is 3. The van der Waals surface area contributed by atoms with Gasteiger partial charge in [0.25, 0.3) is 0 Å². The van der Waals surface area contributed by atoms with Crippen LogP contribution in [0, 0.1) is 5.92 Å². The molecule has 2 aliphatic rings. The van der Waals surface area contributed by atoms with E-state index in [-0.39, 0.29) is 5.44 Å². The van der Waals surface area contributed by atoms with Crippen LogP contribution in [0.15, 0.2) is 17.5 Å². The zero-order valence-corrected chi connectivity index (χ0v) is 13.1. The van der Waals surface area contributed by atoms with Gasteiger partial charge in [-0.1, -0.05) is 45.4 Å². The molecule has 1 saturated carbocycles. The third-order valence-corrected chi connectivity index (χ3v) is 6.77. The molecule has 0 spiro atoms. The topological polar surface area (TPSA) is 50.4 Å². The van der Waals surface area contributed by atoms with E-state index in [1.54, 1.807) is 0 Å². The average Bonchev–Trinajstić information content (AvgIpc) is 3.00. The molecule has 4 nitrogen and oxygen atoms in total. The van der Waals surface area contributed by atoms with Crippen LogP contribution in [0.1, 0.15) is 58.3 Å². The van der Waals surface area contributed by atoms with Crippen molar-refractivity contribution < 1.29 is 5.11 Å². The third kappa shape index (κ3) is 2.79. The maximum atomic E-state index is 10.8. The quantitative estimate of drug-likeness (QED) is 0.812. The van der Waals surface area contributed by atoms with Gasteiger partial charge in [-0.05, 0) is 18.8 Å². The van der Waals surface area contributed by atoms with E-state index < -0.39 is 11.1 Å². The SMILES string of the molecule is CCCC1=Nc2cncn2[SH]1C(O)CC1CCCCC1. The Morgan fingerprint density at radius 2 is 2.20 bits per heavy atom. The fourth-order valence-corrected chi connectivity index (χ4v) is 5.89. The highest BCUT2D eigenvalue weighted by Crippen LogP contribution is 2.47. The van der Waals surface area contributed by atoms with Crippen molar-refractivity contribution in [2.75, 3.05) is 0 Å². The van der Waals surface area contributed by atoms with E-state index in [0.29, 0.717) is 5.92 Å². The van der Waals surface area contributed by atoms with Crippen molar-refractivity contribution in [3.63, 3.8) is 0 Å². The second-order valence-electron chi connectivity index (χ2n) is 5.94. The molecule has 1 aromatic rings. The first-order chi connectivity index (χ1) is 9.79. The predicted octanol–water partition coefficient (Wildman–Crippen LogP) is 3.78. The lowest BCUT2D eigenvalue weighted by molar-refractivity contribution is 0.201. The summed E-state index contributed by atoms with van der Waals surface area (Å²) in [5.41, 5.74) is -0.256. The van der Waals surface area contributed by atoms with Crippen LogP contribution in [0.3, 0.4) is 0 Å². The summed E-state index contributed by atoms with van der Waals surface area (Å²) in [6.45, 7) is 2.18. The molecular formula is C15H25N3OS. The van der Waals surface area contributed by atoms with Crippen LogP contribution in [0.4, 0.5) is 5.82 Å². The molecule has 1 fully saturated rings. The highest BCUT2D eigenvalue weighted by atomic mass is 32.2. The number of aromatic nitrogens is 2. The molecule has 112 valence electrons. The molecule has 0 radical (unpaired) electrons. The Kier molecular flexibility index (Phi) is 4.46. The van der Waals surface area contributed by atoms with Crippen molar-refractivity contribution in [2.24, 2.45) is 10.9 Å². The van der Waals surface area contributed by atoms with Crippen molar-refractivity contribution in [2.45, 2.75) is 63.7 Å². The highest BCUT2D eigenvalue weighted by molar-refractivity contribution is 8.29. The van der Waals surface area contributed by atoms with E-state index in [2.05, 4.69) is 20.9 Å². The minimum absolute atomic E-state index is 0.256. The molecule has 5 heteroatoms. The summed E-state index contributed by atoms with van der Waals surface area (Å²) in [4.78, 5) is 8.86. The van der Waals surface area contributed by atoms with Crippen LogP contribution in [-0.2, 0) is 0 Å². The summed E-state index contributed by atoms with van der Waals surface area (Å²) in [5, 5.41) is 12.0. The number of nitrogens with zero attached hydrogens (tertiary/aromatic N) is 3. The Morgan fingerprint density at radius 1 is 1.40 bits per heavy atom. The van der Waals surface area contributed by atoms with Gasteiger partial charge < -0.3 is 5.11 Å². The normalized spacial score (nSPS) is 26.3. The van der Waals surface area contributed by atoms with Gasteiger partial charge >= 0.3 is 0 Å². The molecule has 20 heavy (non-hydrogen) atoms. The van der Waals surface area contributed by atoms with Crippen LogP contribution in [0.2, 0.25) is 0 Å². The number of imidazole rings is 1. The standard InChI is InChI=1S/C15H25N3OS/c1-2-6-14-17-13-10-16-11-18(13)20(14)15(19)9-12-7-4-3-5-8-12/h10-12,15,19-20H,2-9H2,1H3. The zero-order valence-electron chi connectivity index (χ0n) is 12.2. The lowest BCUT2D eigenvalue weighted by Crippen LogP contribution is -2.21. The number of rotatable bonds is 5. The van der Waals surface area contributed by atoms with Crippen molar-refractivity contribution >= 4 is 21.9 Å². The first-order valence-corrected chi connectivity index (χ1v) is 9.23. The van der Waals surface area contributed by atoms with Gasteiger partial charge in [-0.25, -0.2) is 9.98 Å². The van der Waals surface area contributed by atoms with E-state index in [1.807, 2.05) is 12.5 Å². The van der Waals surface area contributed by atoms with Crippen molar-refractivity contribution in [1.29, 1.82) is 0 Å². The Morgan fingerprint density at radius 3 is 2.95 bits per heavy atom. The Labute approximate surface area is 123 Å². The zero-order chi connectivity index (χ0) is 13.9. The average molecular weight is 295 g/mol. The van der Waals surface area contributed by atoms with Gasteiger partial charge in [-0.15, -0.1) is 11.1 Å². The van der Waals surface area contributed by atoms with E-state index in [9.17, 15) is 5.11 Å². The number of fused-ring (bicyclic) bond motifs is 1. The van der Waals surface area contributed by atoms with Crippen molar-refractivity contribution in [3.8, 4) is 0 Å². The lowest BCUT2D eigenvalue weighted by atomic mass is 9.87. The summed E-state index contributed by atoms with van der Waals surface area (Å²) in [6, 6.07) is 0. The van der Waals surface area contributed by atoms with Crippen LogP contribution in [-0.4, -0.2) is 24.5 Å². The lowest BCUT2D eigenvalue weighted by Gasteiger charge is -2.30. The van der Waals surface area contributed by atoms with Crippen LogP contribution < -0.4 is 0 Å². The van der Waals surface area contributed by atoms with Gasteiger partial charge in [0.15, 0.2) is 5.82 Å². The maximum absolute atomic E-state index is 10.8.